The van der Waals surface area contributed by atoms with Crippen LogP contribution in [0.2, 0.25) is 0 Å². The van der Waals surface area contributed by atoms with Gasteiger partial charge in [-0.05, 0) is 31.2 Å². The minimum atomic E-state index is 0.709. The van der Waals surface area contributed by atoms with Gasteiger partial charge in [-0.15, -0.1) is 0 Å². The van der Waals surface area contributed by atoms with Crippen molar-refractivity contribution in [1.82, 2.24) is 5.32 Å². The van der Waals surface area contributed by atoms with E-state index < -0.39 is 0 Å². The maximum absolute atomic E-state index is 3.55. The van der Waals surface area contributed by atoms with Gasteiger partial charge in [0.25, 0.3) is 0 Å². The Balaban J connectivity index is 2.00. The fourth-order valence-corrected chi connectivity index (χ4v) is 2.86. The van der Waals surface area contributed by atoms with E-state index in [0.717, 1.165) is 6.54 Å². The lowest BCUT2D eigenvalue weighted by molar-refractivity contribution is 0.113. The van der Waals surface area contributed by atoms with E-state index in [9.17, 15) is 0 Å². The zero-order chi connectivity index (χ0) is 11.7. The quantitative estimate of drug-likeness (QED) is 0.539. The molecule has 1 rings (SSSR count). The molecule has 1 saturated carbocycles. The first-order valence-electron chi connectivity index (χ1n) is 7.54. The topological polar surface area (TPSA) is 12.0 Å². The maximum Gasteiger partial charge on any atom is 0.000769 e. The summed E-state index contributed by atoms with van der Waals surface area (Å²) in [7, 11) is 0. The molecular weight excluding hydrogens is 194 g/mol. The van der Waals surface area contributed by atoms with Gasteiger partial charge in [0.05, 0.1) is 0 Å². The highest BCUT2D eigenvalue weighted by Crippen LogP contribution is 2.44. The van der Waals surface area contributed by atoms with Crippen molar-refractivity contribution in [1.29, 1.82) is 0 Å². The van der Waals surface area contributed by atoms with E-state index in [2.05, 4.69) is 19.2 Å². The van der Waals surface area contributed by atoms with Crippen LogP contribution in [0.4, 0.5) is 0 Å². The van der Waals surface area contributed by atoms with Crippen molar-refractivity contribution in [3.05, 3.63) is 0 Å². The van der Waals surface area contributed by atoms with E-state index in [-0.39, 0.29) is 0 Å². The molecule has 0 bridgehead atoms. The predicted octanol–water partition coefficient (Wildman–Crippen LogP) is 4.52. The lowest BCUT2D eigenvalue weighted by Gasteiger charge is -2.42. The molecule has 0 spiro atoms. The van der Waals surface area contributed by atoms with Gasteiger partial charge in [-0.3, -0.25) is 0 Å². The standard InChI is InChI=1S/C15H31N/c1-3-5-6-7-8-9-11-15(12-10-13-15)14-16-4-2/h16H,3-14H2,1-2H3. The highest BCUT2D eigenvalue weighted by molar-refractivity contribution is 4.89. The van der Waals surface area contributed by atoms with Gasteiger partial charge in [-0.25, -0.2) is 0 Å². The van der Waals surface area contributed by atoms with E-state index in [1.165, 1.54) is 70.8 Å². The van der Waals surface area contributed by atoms with E-state index in [0.29, 0.717) is 5.41 Å². The minimum Gasteiger partial charge on any atom is -0.316 e. The first-order valence-corrected chi connectivity index (χ1v) is 7.54. The summed E-state index contributed by atoms with van der Waals surface area (Å²) in [6.07, 6.45) is 14.6. The molecule has 1 heteroatoms. The Morgan fingerprint density at radius 3 is 2.19 bits per heavy atom. The van der Waals surface area contributed by atoms with Crippen LogP contribution in [0.25, 0.3) is 0 Å². The summed E-state index contributed by atoms with van der Waals surface area (Å²) in [5.41, 5.74) is 0.709. The van der Waals surface area contributed by atoms with Crippen LogP contribution in [-0.4, -0.2) is 13.1 Å². The lowest BCUT2D eigenvalue weighted by Crippen LogP contribution is -2.39. The second-order valence-corrected chi connectivity index (χ2v) is 5.65. The summed E-state index contributed by atoms with van der Waals surface area (Å²) in [4.78, 5) is 0. The average molecular weight is 225 g/mol. The maximum atomic E-state index is 3.55. The Hall–Kier alpha value is -0.0400. The molecular formula is C15H31N. The van der Waals surface area contributed by atoms with Gasteiger partial charge in [-0.2, -0.15) is 0 Å². The molecule has 0 radical (unpaired) electrons. The van der Waals surface area contributed by atoms with Crippen LogP contribution >= 0.6 is 0 Å². The molecule has 96 valence electrons. The molecule has 0 unspecified atom stereocenters. The zero-order valence-corrected chi connectivity index (χ0v) is 11.5. The molecule has 0 aliphatic heterocycles. The molecule has 1 fully saturated rings. The molecule has 0 aromatic carbocycles. The van der Waals surface area contributed by atoms with Crippen molar-refractivity contribution in [2.75, 3.05) is 13.1 Å². The summed E-state index contributed by atoms with van der Waals surface area (Å²) in [6, 6.07) is 0. The molecule has 0 atom stereocenters. The average Bonchev–Trinajstić information content (AvgIpc) is 2.25. The van der Waals surface area contributed by atoms with Gasteiger partial charge in [0.1, 0.15) is 0 Å². The Morgan fingerprint density at radius 2 is 1.62 bits per heavy atom. The van der Waals surface area contributed by atoms with Gasteiger partial charge < -0.3 is 5.32 Å². The Morgan fingerprint density at radius 1 is 0.938 bits per heavy atom. The molecule has 1 aliphatic carbocycles. The first kappa shape index (κ1) is 14.0. The SMILES string of the molecule is CCCCCCCCC1(CNCC)CCC1. The van der Waals surface area contributed by atoms with E-state index in [1.54, 1.807) is 0 Å². The van der Waals surface area contributed by atoms with Gasteiger partial charge in [-0.1, -0.05) is 58.8 Å². The number of hydrogen-bond donors (Lipinski definition) is 1. The third-order valence-electron chi connectivity index (χ3n) is 4.22. The van der Waals surface area contributed by atoms with Crippen molar-refractivity contribution in [3.63, 3.8) is 0 Å². The molecule has 0 saturated heterocycles. The highest BCUT2D eigenvalue weighted by atomic mass is 14.9. The summed E-state index contributed by atoms with van der Waals surface area (Å²) < 4.78 is 0. The Bertz CT molecular complexity index is 161. The zero-order valence-electron chi connectivity index (χ0n) is 11.5. The van der Waals surface area contributed by atoms with E-state index in [1.807, 2.05) is 0 Å². The summed E-state index contributed by atoms with van der Waals surface area (Å²) in [5, 5.41) is 3.55. The van der Waals surface area contributed by atoms with Crippen LogP contribution in [-0.2, 0) is 0 Å². The molecule has 0 heterocycles. The normalized spacial score (nSPS) is 18.4. The van der Waals surface area contributed by atoms with E-state index >= 15 is 0 Å². The van der Waals surface area contributed by atoms with Crippen LogP contribution in [0, 0.1) is 5.41 Å². The minimum absolute atomic E-state index is 0.709. The van der Waals surface area contributed by atoms with Crippen LogP contribution in [0.1, 0.15) is 78.1 Å². The Labute approximate surface area is 102 Å². The van der Waals surface area contributed by atoms with Crippen LogP contribution in [0.3, 0.4) is 0 Å². The number of hydrogen-bond acceptors (Lipinski definition) is 1. The van der Waals surface area contributed by atoms with E-state index in [4.69, 9.17) is 0 Å². The summed E-state index contributed by atoms with van der Waals surface area (Å²) in [5.74, 6) is 0. The molecule has 16 heavy (non-hydrogen) atoms. The molecule has 0 aromatic rings. The van der Waals surface area contributed by atoms with Gasteiger partial charge in [0, 0.05) is 6.54 Å². The number of unbranched alkanes of at least 4 members (excludes halogenated alkanes) is 5. The van der Waals surface area contributed by atoms with Crippen molar-refractivity contribution in [2.45, 2.75) is 78.1 Å². The van der Waals surface area contributed by atoms with Crippen molar-refractivity contribution >= 4 is 0 Å². The summed E-state index contributed by atoms with van der Waals surface area (Å²) in [6.45, 7) is 6.92. The third-order valence-corrected chi connectivity index (χ3v) is 4.22. The third kappa shape index (κ3) is 4.86. The first-order chi connectivity index (χ1) is 7.83. The van der Waals surface area contributed by atoms with Crippen LogP contribution in [0.15, 0.2) is 0 Å². The van der Waals surface area contributed by atoms with Crippen molar-refractivity contribution in [2.24, 2.45) is 5.41 Å². The monoisotopic (exact) mass is 225 g/mol. The predicted molar refractivity (Wildman–Crippen MR) is 72.8 cm³/mol. The second kappa shape index (κ2) is 8.11. The fourth-order valence-electron chi connectivity index (χ4n) is 2.86. The van der Waals surface area contributed by atoms with Crippen molar-refractivity contribution < 1.29 is 0 Å². The van der Waals surface area contributed by atoms with Gasteiger partial charge in [0.2, 0.25) is 0 Å². The molecule has 0 amide bonds. The smallest absolute Gasteiger partial charge is 0.000769 e. The number of nitrogens with one attached hydrogen (secondary N) is 1. The molecule has 1 nitrogen and oxygen atoms in total. The van der Waals surface area contributed by atoms with Gasteiger partial charge >= 0.3 is 0 Å². The highest BCUT2D eigenvalue weighted by Gasteiger charge is 2.35. The number of rotatable bonds is 10. The van der Waals surface area contributed by atoms with Crippen molar-refractivity contribution in [3.8, 4) is 0 Å². The largest absolute Gasteiger partial charge is 0.316 e. The molecule has 1 aliphatic rings. The fraction of sp³-hybridized carbons (Fsp3) is 1.00. The summed E-state index contributed by atoms with van der Waals surface area (Å²) >= 11 is 0. The lowest BCUT2D eigenvalue weighted by atomic mass is 9.66. The molecule has 0 aromatic heterocycles. The molecule has 1 N–H and O–H groups in total. The van der Waals surface area contributed by atoms with Crippen LogP contribution in [0.5, 0.6) is 0 Å². The Kier molecular flexibility index (Phi) is 7.11. The van der Waals surface area contributed by atoms with Crippen LogP contribution < -0.4 is 5.32 Å². The van der Waals surface area contributed by atoms with Gasteiger partial charge in [0.15, 0.2) is 0 Å². The second-order valence-electron chi connectivity index (χ2n) is 5.65.